The summed E-state index contributed by atoms with van der Waals surface area (Å²) in [4.78, 5) is 0. The van der Waals surface area contributed by atoms with Crippen LogP contribution in [0.1, 0.15) is 32.1 Å². The molecule has 0 aliphatic carbocycles. The Morgan fingerprint density at radius 2 is 2.33 bits per heavy atom. The molecule has 0 bridgehead atoms. The molecule has 3 unspecified atom stereocenters. The average Bonchev–Trinajstić information content (AvgIpc) is 2.91. The van der Waals surface area contributed by atoms with Gasteiger partial charge in [-0.3, -0.25) is 0 Å². The topological polar surface area (TPSA) is 34.4 Å². The molecule has 0 saturated carbocycles. The zero-order valence-electron chi connectivity index (χ0n) is 9.40. The van der Waals surface area contributed by atoms with Gasteiger partial charge in [-0.05, 0) is 38.3 Å². The van der Waals surface area contributed by atoms with Gasteiger partial charge in [0.05, 0.1) is 18.9 Å². The molecule has 1 N–H and O–H groups in total. The Morgan fingerprint density at radius 3 is 2.93 bits per heavy atom. The number of furan rings is 1. The summed E-state index contributed by atoms with van der Waals surface area (Å²) < 4.78 is 10.8. The van der Waals surface area contributed by atoms with E-state index in [1.165, 1.54) is 6.42 Å². The van der Waals surface area contributed by atoms with E-state index in [-0.39, 0.29) is 6.04 Å². The van der Waals surface area contributed by atoms with Crippen molar-refractivity contribution in [2.24, 2.45) is 5.92 Å². The van der Waals surface area contributed by atoms with Crippen molar-refractivity contribution in [1.82, 2.24) is 5.32 Å². The van der Waals surface area contributed by atoms with E-state index in [1.807, 2.05) is 12.1 Å². The third-order valence-corrected chi connectivity index (χ3v) is 3.15. The number of ether oxygens (including phenoxy) is 1. The summed E-state index contributed by atoms with van der Waals surface area (Å²) in [6.07, 6.45) is 2.88. The van der Waals surface area contributed by atoms with Crippen LogP contribution in [0.25, 0.3) is 0 Å². The molecule has 0 radical (unpaired) electrons. The number of rotatable bonds is 4. The van der Waals surface area contributed by atoms with Crippen LogP contribution in [0.3, 0.4) is 0 Å². The molecule has 2 heterocycles. The number of hydrogen-bond acceptors (Lipinski definition) is 3. The molecule has 1 aliphatic heterocycles. The molecule has 0 spiro atoms. The lowest BCUT2D eigenvalue weighted by molar-refractivity contribution is 0.176. The van der Waals surface area contributed by atoms with Crippen LogP contribution in [-0.2, 0) is 4.74 Å². The van der Waals surface area contributed by atoms with E-state index >= 15 is 0 Å². The molecule has 1 aromatic heterocycles. The minimum atomic E-state index is 0.274. The highest BCUT2D eigenvalue weighted by Crippen LogP contribution is 2.20. The van der Waals surface area contributed by atoms with Crippen molar-refractivity contribution < 1.29 is 9.15 Å². The highest BCUT2D eigenvalue weighted by Gasteiger charge is 2.23. The SMILES string of the molecule is CC(NC(C)C1CCOC1)c1ccco1. The highest BCUT2D eigenvalue weighted by molar-refractivity contribution is 5.03. The molecule has 84 valence electrons. The van der Waals surface area contributed by atoms with Gasteiger partial charge in [0.2, 0.25) is 0 Å². The maximum Gasteiger partial charge on any atom is 0.120 e. The van der Waals surface area contributed by atoms with Crippen molar-refractivity contribution in [3.05, 3.63) is 24.2 Å². The number of nitrogens with one attached hydrogen (secondary N) is 1. The standard InChI is InChI=1S/C12H19NO2/c1-9(11-5-7-14-8-11)13-10(2)12-4-3-6-15-12/h3-4,6,9-11,13H,5,7-8H2,1-2H3. The lowest BCUT2D eigenvalue weighted by Crippen LogP contribution is -2.35. The van der Waals surface area contributed by atoms with Gasteiger partial charge in [0.25, 0.3) is 0 Å². The Kier molecular flexibility index (Phi) is 3.44. The smallest absolute Gasteiger partial charge is 0.120 e. The molecule has 15 heavy (non-hydrogen) atoms. The molecular formula is C12H19NO2. The normalized spacial score (nSPS) is 25.3. The highest BCUT2D eigenvalue weighted by atomic mass is 16.5. The van der Waals surface area contributed by atoms with Gasteiger partial charge in [-0.25, -0.2) is 0 Å². The van der Waals surface area contributed by atoms with Crippen molar-refractivity contribution in [2.75, 3.05) is 13.2 Å². The van der Waals surface area contributed by atoms with Crippen LogP contribution in [0.2, 0.25) is 0 Å². The first-order valence-corrected chi connectivity index (χ1v) is 5.64. The Balaban J connectivity index is 1.85. The molecule has 0 amide bonds. The number of hydrogen-bond donors (Lipinski definition) is 1. The Hall–Kier alpha value is -0.800. The fraction of sp³-hybridized carbons (Fsp3) is 0.667. The van der Waals surface area contributed by atoms with Gasteiger partial charge >= 0.3 is 0 Å². The van der Waals surface area contributed by atoms with Crippen molar-refractivity contribution in [2.45, 2.75) is 32.4 Å². The third-order valence-electron chi connectivity index (χ3n) is 3.15. The molecule has 1 saturated heterocycles. The Morgan fingerprint density at radius 1 is 1.47 bits per heavy atom. The lowest BCUT2D eigenvalue weighted by atomic mass is 10.00. The second kappa shape index (κ2) is 4.81. The maximum absolute atomic E-state index is 5.39. The first-order chi connectivity index (χ1) is 7.27. The van der Waals surface area contributed by atoms with Crippen LogP contribution in [-0.4, -0.2) is 19.3 Å². The van der Waals surface area contributed by atoms with Crippen molar-refractivity contribution >= 4 is 0 Å². The van der Waals surface area contributed by atoms with E-state index in [0.717, 1.165) is 19.0 Å². The van der Waals surface area contributed by atoms with Crippen LogP contribution >= 0.6 is 0 Å². The fourth-order valence-electron chi connectivity index (χ4n) is 2.10. The summed E-state index contributed by atoms with van der Waals surface area (Å²) in [6.45, 7) is 6.15. The van der Waals surface area contributed by atoms with Gasteiger partial charge in [-0.2, -0.15) is 0 Å². The minimum Gasteiger partial charge on any atom is -0.468 e. The summed E-state index contributed by atoms with van der Waals surface area (Å²) >= 11 is 0. The van der Waals surface area contributed by atoms with Crippen molar-refractivity contribution in [1.29, 1.82) is 0 Å². The van der Waals surface area contributed by atoms with E-state index in [1.54, 1.807) is 6.26 Å². The maximum atomic E-state index is 5.39. The van der Waals surface area contributed by atoms with Crippen molar-refractivity contribution in [3.63, 3.8) is 0 Å². The molecule has 2 rings (SSSR count). The average molecular weight is 209 g/mol. The largest absolute Gasteiger partial charge is 0.468 e. The first kappa shape index (κ1) is 10.7. The van der Waals surface area contributed by atoms with Gasteiger partial charge in [-0.1, -0.05) is 0 Å². The van der Waals surface area contributed by atoms with Gasteiger partial charge < -0.3 is 14.5 Å². The predicted molar refractivity (Wildman–Crippen MR) is 58.6 cm³/mol. The zero-order chi connectivity index (χ0) is 10.7. The Bertz CT molecular complexity index is 278. The molecule has 3 atom stereocenters. The van der Waals surface area contributed by atoms with E-state index in [2.05, 4.69) is 19.2 Å². The summed E-state index contributed by atoms with van der Waals surface area (Å²) in [7, 11) is 0. The second-order valence-electron chi connectivity index (χ2n) is 4.32. The van der Waals surface area contributed by atoms with E-state index in [9.17, 15) is 0 Å². The predicted octanol–water partition coefficient (Wildman–Crippen LogP) is 2.36. The minimum absolute atomic E-state index is 0.274. The van der Waals surface area contributed by atoms with Gasteiger partial charge in [0.1, 0.15) is 5.76 Å². The zero-order valence-corrected chi connectivity index (χ0v) is 9.40. The van der Waals surface area contributed by atoms with Crippen LogP contribution in [0.5, 0.6) is 0 Å². The van der Waals surface area contributed by atoms with E-state index in [4.69, 9.17) is 9.15 Å². The summed E-state index contributed by atoms with van der Waals surface area (Å²) in [5.41, 5.74) is 0. The summed E-state index contributed by atoms with van der Waals surface area (Å²) in [5.74, 6) is 1.64. The van der Waals surface area contributed by atoms with Crippen LogP contribution in [0.15, 0.2) is 22.8 Å². The first-order valence-electron chi connectivity index (χ1n) is 5.64. The molecule has 1 aromatic rings. The molecule has 3 nitrogen and oxygen atoms in total. The van der Waals surface area contributed by atoms with Crippen LogP contribution < -0.4 is 5.32 Å². The van der Waals surface area contributed by atoms with E-state index in [0.29, 0.717) is 12.0 Å². The quantitative estimate of drug-likeness (QED) is 0.826. The lowest BCUT2D eigenvalue weighted by Gasteiger charge is -2.22. The van der Waals surface area contributed by atoms with Gasteiger partial charge in [0.15, 0.2) is 0 Å². The molecule has 0 aromatic carbocycles. The fourth-order valence-corrected chi connectivity index (χ4v) is 2.10. The molecular weight excluding hydrogens is 190 g/mol. The second-order valence-corrected chi connectivity index (χ2v) is 4.32. The van der Waals surface area contributed by atoms with Crippen molar-refractivity contribution in [3.8, 4) is 0 Å². The third kappa shape index (κ3) is 2.61. The summed E-state index contributed by atoms with van der Waals surface area (Å²) in [5, 5.41) is 3.55. The van der Waals surface area contributed by atoms with Crippen LogP contribution in [0.4, 0.5) is 0 Å². The van der Waals surface area contributed by atoms with Gasteiger partial charge in [-0.15, -0.1) is 0 Å². The van der Waals surface area contributed by atoms with Gasteiger partial charge in [0, 0.05) is 12.6 Å². The molecule has 3 heteroatoms. The summed E-state index contributed by atoms with van der Waals surface area (Å²) in [6, 6.07) is 4.69. The molecule has 1 aliphatic rings. The van der Waals surface area contributed by atoms with Crippen LogP contribution in [0, 0.1) is 5.92 Å². The Labute approximate surface area is 90.8 Å². The monoisotopic (exact) mass is 209 g/mol. The van der Waals surface area contributed by atoms with E-state index < -0.39 is 0 Å². The molecule has 1 fully saturated rings.